The Labute approximate surface area is 223 Å². The van der Waals surface area contributed by atoms with Crippen LogP contribution < -0.4 is 10.5 Å². The van der Waals surface area contributed by atoms with E-state index < -0.39 is 5.82 Å². The van der Waals surface area contributed by atoms with Gasteiger partial charge >= 0.3 is 0 Å². The summed E-state index contributed by atoms with van der Waals surface area (Å²) in [6, 6.07) is 4.88. The smallest absolute Gasteiger partial charge is 0.258 e. The van der Waals surface area contributed by atoms with Gasteiger partial charge in [0.1, 0.15) is 17.7 Å². The number of ether oxygens (including phenoxy) is 1. The number of aromatic nitrogens is 2. The van der Waals surface area contributed by atoms with Crippen LogP contribution in [0.2, 0.25) is 5.02 Å². The van der Waals surface area contributed by atoms with Gasteiger partial charge in [-0.25, -0.2) is 14.4 Å². The van der Waals surface area contributed by atoms with Crippen LogP contribution in [0, 0.1) is 12.7 Å². The van der Waals surface area contributed by atoms with Crippen molar-refractivity contribution in [2.24, 2.45) is 5.73 Å². The zero-order valence-corrected chi connectivity index (χ0v) is 22.9. The van der Waals surface area contributed by atoms with Crippen LogP contribution in [-0.4, -0.2) is 63.5 Å². The number of carbonyl (C=O) groups is 1. The number of piperidine rings is 1. The minimum absolute atomic E-state index is 0.0889. The van der Waals surface area contributed by atoms with Gasteiger partial charge in [-0.15, -0.1) is 0 Å². The van der Waals surface area contributed by atoms with Gasteiger partial charge in [-0.3, -0.25) is 9.69 Å². The molecule has 0 aliphatic carbocycles. The van der Waals surface area contributed by atoms with Crippen LogP contribution >= 0.6 is 11.6 Å². The SMILES string of the molecule is CCCCN1C(C)CC(Oc2cc(F)ccc2C(=O)N2CC(N)=C(c3ncc(Cl)c(C)n3)C2)CC1CC. The van der Waals surface area contributed by atoms with Gasteiger partial charge in [0.25, 0.3) is 5.91 Å². The largest absolute Gasteiger partial charge is 0.489 e. The number of hydrogen-bond acceptors (Lipinski definition) is 6. The maximum absolute atomic E-state index is 14.3. The van der Waals surface area contributed by atoms with Crippen molar-refractivity contribution in [2.45, 2.75) is 78.0 Å². The lowest BCUT2D eigenvalue weighted by Crippen LogP contribution is -2.51. The second-order valence-electron chi connectivity index (χ2n) is 10.1. The minimum atomic E-state index is -0.434. The Kier molecular flexibility index (Phi) is 8.70. The lowest BCUT2D eigenvalue weighted by atomic mass is 9.91. The molecule has 1 aromatic heterocycles. The molecule has 1 amide bonds. The summed E-state index contributed by atoms with van der Waals surface area (Å²) in [5.41, 5.74) is 8.48. The van der Waals surface area contributed by atoms with Crippen molar-refractivity contribution < 1.29 is 13.9 Å². The normalized spacial score (nSPS) is 22.5. The molecule has 0 radical (unpaired) electrons. The molecule has 0 saturated carbocycles. The average molecular weight is 530 g/mol. The Bertz CT molecular complexity index is 1170. The minimum Gasteiger partial charge on any atom is -0.489 e. The third kappa shape index (κ3) is 6.07. The summed E-state index contributed by atoms with van der Waals surface area (Å²) in [7, 11) is 0. The third-order valence-corrected chi connectivity index (χ3v) is 7.83. The molecule has 3 unspecified atom stereocenters. The topological polar surface area (TPSA) is 84.6 Å². The van der Waals surface area contributed by atoms with Crippen LogP contribution in [0.25, 0.3) is 5.57 Å². The molecule has 0 bridgehead atoms. The highest BCUT2D eigenvalue weighted by molar-refractivity contribution is 6.31. The van der Waals surface area contributed by atoms with E-state index >= 15 is 0 Å². The van der Waals surface area contributed by atoms with Gasteiger partial charge < -0.3 is 15.4 Å². The highest BCUT2D eigenvalue weighted by Crippen LogP contribution is 2.32. The van der Waals surface area contributed by atoms with E-state index in [9.17, 15) is 9.18 Å². The standard InChI is InChI=1S/C28H37ClFN5O2/c1-5-7-10-35-17(3)11-21(13-20(35)6-2)37-26-12-19(30)8-9-22(26)28(36)34-15-23(25(31)16-34)27-32-14-24(29)18(4)33-27/h8-9,12,14,17,20-21H,5-7,10-11,13,15-16,31H2,1-4H3. The number of nitrogens with two attached hydrogens (primary N) is 1. The molecule has 9 heteroatoms. The number of hydrogen-bond donors (Lipinski definition) is 1. The van der Waals surface area contributed by atoms with Crippen LogP contribution in [0.3, 0.4) is 0 Å². The van der Waals surface area contributed by atoms with E-state index in [0.29, 0.717) is 45.5 Å². The Morgan fingerprint density at radius 1 is 1.27 bits per heavy atom. The fourth-order valence-electron chi connectivity index (χ4n) is 5.38. The summed E-state index contributed by atoms with van der Waals surface area (Å²) in [5.74, 6) is 0.0419. The van der Waals surface area contributed by atoms with Crippen molar-refractivity contribution in [1.82, 2.24) is 19.8 Å². The molecule has 1 saturated heterocycles. The Morgan fingerprint density at radius 2 is 2.05 bits per heavy atom. The number of halogens is 2. The molecule has 7 nitrogen and oxygen atoms in total. The van der Waals surface area contributed by atoms with E-state index in [1.165, 1.54) is 30.8 Å². The summed E-state index contributed by atoms with van der Waals surface area (Å²) in [6.45, 7) is 10.0. The Morgan fingerprint density at radius 3 is 2.76 bits per heavy atom. The molecular formula is C28H37ClFN5O2. The lowest BCUT2D eigenvalue weighted by molar-refractivity contribution is 0.0158. The zero-order chi connectivity index (χ0) is 26.7. The van der Waals surface area contributed by atoms with Crippen molar-refractivity contribution in [2.75, 3.05) is 19.6 Å². The fraction of sp³-hybridized carbons (Fsp3) is 0.536. The van der Waals surface area contributed by atoms with Gasteiger partial charge in [-0.05, 0) is 58.2 Å². The first-order valence-corrected chi connectivity index (χ1v) is 13.6. The number of carbonyl (C=O) groups excluding carboxylic acids is 1. The molecule has 4 rings (SSSR count). The fourth-order valence-corrected chi connectivity index (χ4v) is 5.47. The van der Waals surface area contributed by atoms with Gasteiger partial charge in [-0.2, -0.15) is 0 Å². The number of rotatable bonds is 8. The number of unbranched alkanes of at least 4 members (excludes halogenated alkanes) is 1. The van der Waals surface area contributed by atoms with E-state index in [1.54, 1.807) is 11.8 Å². The van der Waals surface area contributed by atoms with E-state index in [1.807, 2.05) is 0 Å². The monoisotopic (exact) mass is 529 g/mol. The van der Waals surface area contributed by atoms with Gasteiger partial charge in [0.2, 0.25) is 0 Å². The van der Waals surface area contributed by atoms with E-state index in [2.05, 4.69) is 35.6 Å². The predicted octanol–water partition coefficient (Wildman–Crippen LogP) is 5.21. The molecule has 2 aliphatic heterocycles. The molecule has 3 heterocycles. The predicted molar refractivity (Wildman–Crippen MR) is 144 cm³/mol. The van der Waals surface area contributed by atoms with Crippen LogP contribution in [0.1, 0.15) is 74.8 Å². The van der Waals surface area contributed by atoms with E-state index in [0.717, 1.165) is 32.2 Å². The number of amides is 1. The summed E-state index contributed by atoms with van der Waals surface area (Å²) in [5, 5.41) is 0.470. The third-order valence-electron chi connectivity index (χ3n) is 7.46. The quantitative estimate of drug-likeness (QED) is 0.505. The molecule has 2 aliphatic rings. The molecular weight excluding hydrogens is 493 g/mol. The molecule has 1 aromatic carbocycles. The second kappa shape index (κ2) is 11.8. The maximum Gasteiger partial charge on any atom is 0.258 e. The van der Waals surface area contributed by atoms with Crippen molar-refractivity contribution >= 4 is 23.1 Å². The van der Waals surface area contributed by atoms with Crippen LogP contribution in [-0.2, 0) is 0 Å². The van der Waals surface area contributed by atoms with Gasteiger partial charge in [-0.1, -0.05) is 31.9 Å². The average Bonchev–Trinajstić information content (AvgIpc) is 3.26. The Hall–Kier alpha value is -2.71. The summed E-state index contributed by atoms with van der Waals surface area (Å²) >= 11 is 6.07. The molecule has 3 atom stereocenters. The molecule has 200 valence electrons. The highest BCUT2D eigenvalue weighted by atomic mass is 35.5. The number of likely N-dealkylation sites (tertiary alicyclic amines) is 1. The molecule has 37 heavy (non-hydrogen) atoms. The van der Waals surface area contributed by atoms with Gasteiger partial charge in [0.05, 0.1) is 29.4 Å². The van der Waals surface area contributed by atoms with E-state index in [-0.39, 0.29) is 30.9 Å². The first-order chi connectivity index (χ1) is 17.7. The summed E-state index contributed by atoms with van der Waals surface area (Å²) in [6.07, 6.45) is 6.49. The molecule has 1 fully saturated rings. The number of nitrogens with zero attached hydrogens (tertiary/aromatic N) is 4. The summed E-state index contributed by atoms with van der Waals surface area (Å²) in [4.78, 5) is 26.5. The van der Waals surface area contributed by atoms with Crippen LogP contribution in [0.4, 0.5) is 4.39 Å². The van der Waals surface area contributed by atoms with Crippen molar-refractivity contribution in [3.05, 3.63) is 58.0 Å². The van der Waals surface area contributed by atoms with Crippen LogP contribution in [0.15, 0.2) is 30.1 Å². The Balaban J connectivity index is 1.50. The molecule has 0 spiro atoms. The maximum atomic E-state index is 14.3. The lowest BCUT2D eigenvalue weighted by Gasteiger charge is -2.44. The van der Waals surface area contributed by atoms with Crippen molar-refractivity contribution in [1.29, 1.82) is 0 Å². The summed E-state index contributed by atoms with van der Waals surface area (Å²) < 4.78 is 20.7. The van der Waals surface area contributed by atoms with Gasteiger partial charge in [0, 0.05) is 35.6 Å². The number of benzene rings is 1. The highest BCUT2D eigenvalue weighted by Gasteiger charge is 2.35. The first kappa shape index (κ1) is 27.3. The van der Waals surface area contributed by atoms with E-state index in [4.69, 9.17) is 22.1 Å². The van der Waals surface area contributed by atoms with Gasteiger partial charge in [0.15, 0.2) is 5.82 Å². The zero-order valence-electron chi connectivity index (χ0n) is 22.1. The van der Waals surface area contributed by atoms with Crippen LogP contribution in [0.5, 0.6) is 5.75 Å². The number of aryl methyl sites for hydroxylation is 1. The molecule has 2 N–H and O–H groups in total. The molecule has 2 aromatic rings. The van der Waals surface area contributed by atoms with Crippen molar-refractivity contribution in [3.8, 4) is 5.75 Å². The second-order valence-corrected chi connectivity index (χ2v) is 10.6. The van der Waals surface area contributed by atoms with Crippen molar-refractivity contribution in [3.63, 3.8) is 0 Å². The first-order valence-electron chi connectivity index (χ1n) is 13.2.